The van der Waals surface area contributed by atoms with Gasteiger partial charge in [0.25, 0.3) is 0 Å². The number of anilines is 2. The zero-order chi connectivity index (χ0) is 18.4. The average Bonchev–Trinajstić information content (AvgIpc) is 3.14. The van der Waals surface area contributed by atoms with Gasteiger partial charge in [-0.15, -0.1) is 0 Å². The summed E-state index contributed by atoms with van der Waals surface area (Å²) in [5, 5.41) is 5.65. The first kappa shape index (κ1) is 18.5. The lowest BCUT2D eigenvalue weighted by molar-refractivity contribution is 0.166. The van der Waals surface area contributed by atoms with Crippen LogP contribution in [0.2, 0.25) is 0 Å². The molecule has 1 aromatic rings. The van der Waals surface area contributed by atoms with Gasteiger partial charge in [0.2, 0.25) is 0 Å². The number of nitrogens with zero attached hydrogens (tertiary/aromatic N) is 1. The van der Waals surface area contributed by atoms with Crippen molar-refractivity contribution in [3.05, 3.63) is 24.3 Å². The van der Waals surface area contributed by atoms with E-state index in [4.69, 9.17) is 4.74 Å². The van der Waals surface area contributed by atoms with Crippen molar-refractivity contribution in [2.75, 3.05) is 23.8 Å². The van der Waals surface area contributed by atoms with E-state index in [1.807, 2.05) is 4.90 Å². The molecule has 2 fully saturated rings. The van der Waals surface area contributed by atoms with Crippen LogP contribution in [0.25, 0.3) is 0 Å². The fourth-order valence-electron chi connectivity index (χ4n) is 4.17. The van der Waals surface area contributed by atoms with Crippen LogP contribution in [0.15, 0.2) is 24.3 Å². The fraction of sp³-hybridized carbons (Fsp3) is 0.600. The largest absolute Gasteiger partial charge is 0.450 e. The molecule has 0 radical (unpaired) electrons. The number of rotatable bonds is 4. The molecule has 26 heavy (non-hydrogen) atoms. The Morgan fingerprint density at radius 1 is 1.00 bits per heavy atom. The van der Waals surface area contributed by atoms with E-state index in [9.17, 15) is 9.59 Å². The number of benzene rings is 1. The summed E-state index contributed by atoms with van der Waals surface area (Å²) in [6, 6.07) is 7.49. The summed E-state index contributed by atoms with van der Waals surface area (Å²) in [5.41, 5.74) is 1.38. The van der Waals surface area contributed by atoms with Crippen LogP contribution in [-0.2, 0) is 4.74 Å². The van der Waals surface area contributed by atoms with Crippen molar-refractivity contribution in [1.29, 1.82) is 0 Å². The third-order valence-corrected chi connectivity index (χ3v) is 5.41. The van der Waals surface area contributed by atoms with E-state index < -0.39 is 6.09 Å². The molecule has 6 heteroatoms. The molecular weight excluding hydrogens is 330 g/mol. The molecule has 1 unspecified atom stereocenters. The number of carbonyl (C=O) groups excluding carboxylic acids is 2. The second-order valence-electron chi connectivity index (χ2n) is 7.15. The zero-order valence-corrected chi connectivity index (χ0v) is 15.5. The molecule has 1 aliphatic carbocycles. The normalized spacial score (nSPS) is 20.7. The van der Waals surface area contributed by atoms with Crippen molar-refractivity contribution in [3.8, 4) is 0 Å². The van der Waals surface area contributed by atoms with Gasteiger partial charge in [-0.3, -0.25) is 5.32 Å². The summed E-state index contributed by atoms with van der Waals surface area (Å²) < 4.78 is 4.85. The van der Waals surface area contributed by atoms with Crippen molar-refractivity contribution in [3.63, 3.8) is 0 Å². The van der Waals surface area contributed by atoms with E-state index in [-0.39, 0.29) is 6.03 Å². The molecule has 1 atom stereocenters. The van der Waals surface area contributed by atoms with Crippen molar-refractivity contribution in [1.82, 2.24) is 4.90 Å². The van der Waals surface area contributed by atoms with Crippen LogP contribution in [0.3, 0.4) is 0 Å². The molecule has 1 aliphatic heterocycles. The van der Waals surface area contributed by atoms with Gasteiger partial charge >= 0.3 is 12.1 Å². The molecule has 142 valence electrons. The molecule has 0 aromatic heterocycles. The van der Waals surface area contributed by atoms with Crippen LogP contribution < -0.4 is 10.6 Å². The van der Waals surface area contributed by atoms with E-state index in [1.165, 1.54) is 32.1 Å². The SMILES string of the molecule is CCOC(=O)Nc1ccc(NC(=O)N2CCCC2C2CCCCC2)cc1. The highest BCUT2D eigenvalue weighted by Crippen LogP contribution is 2.34. The first-order chi connectivity index (χ1) is 12.7. The lowest BCUT2D eigenvalue weighted by Gasteiger charge is -2.34. The van der Waals surface area contributed by atoms with E-state index >= 15 is 0 Å². The van der Waals surface area contributed by atoms with Gasteiger partial charge in [-0.25, -0.2) is 9.59 Å². The van der Waals surface area contributed by atoms with Crippen molar-refractivity contribution >= 4 is 23.5 Å². The number of hydrogen-bond acceptors (Lipinski definition) is 3. The minimum atomic E-state index is -0.475. The van der Waals surface area contributed by atoms with Gasteiger partial charge in [0.15, 0.2) is 0 Å². The van der Waals surface area contributed by atoms with Crippen LogP contribution >= 0.6 is 0 Å². The quantitative estimate of drug-likeness (QED) is 0.809. The molecular formula is C20H29N3O3. The van der Waals surface area contributed by atoms with Crippen LogP contribution in [0.1, 0.15) is 51.9 Å². The molecule has 1 saturated heterocycles. The van der Waals surface area contributed by atoms with E-state index in [0.717, 1.165) is 25.1 Å². The summed E-state index contributed by atoms with van der Waals surface area (Å²) in [5.74, 6) is 0.660. The highest BCUT2D eigenvalue weighted by atomic mass is 16.5. The predicted octanol–water partition coefficient (Wildman–Crippen LogP) is 4.83. The van der Waals surface area contributed by atoms with Crippen molar-refractivity contribution in [2.45, 2.75) is 57.9 Å². The van der Waals surface area contributed by atoms with Crippen LogP contribution in [0, 0.1) is 5.92 Å². The minimum absolute atomic E-state index is 0.0100. The van der Waals surface area contributed by atoms with Gasteiger partial charge in [0, 0.05) is 24.0 Å². The first-order valence-electron chi connectivity index (χ1n) is 9.79. The number of carbonyl (C=O) groups is 2. The molecule has 3 rings (SSSR count). The molecule has 1 saturated carbocycles. The second-order valence-corrected chi connectivity index (χ2v) is 7.15. The number of likely N-dealkylation sites (tertiary alicyclic amines) is 1. The van der Waals surface area contributed by atoms with Crippen LogP contribution in [-0.4, -0.2) is 36.2 Å². The fourth-order valence-corrected chi connectivity index (χ4v) is 4.17. The number of urea groups is 1. The second kappa shape index (κ2) is 8.92. The Morgan fingerprint density at radius 2 is 1.65 bits per heavy atom. The smallest absolute Gasteiger partial charge is 0.411 e. The van der Waals surface area contributed by atoms with E-state index in [0.29, 0.717) is 24.3 Å². The first-order valence-corrected chi connectivity index (χ1v) is 9.79. The molecule has 2 aliphatic rings. The Morgan fingerprint density at radius 3 is 2.31 bits per heavy atom. The number of nitrogens with one attached hydrogen (secondary N) is 2. The van der Waals surface area contributed by atoms with Gasteiger partial charge in [-0.2, -0.15) is 0 Å². The summed E-state index contributed by atoms with van der Waals surface area (Å²) >= 11 is 0. The highest BCUT2D eigenvalue weighted by molar-refractivity contribution is 5.90. The van der Waals surface area contributed by atoms with Gasteiger partial charge in [0.05, 0.1) is 6.61 Å². The molecule has 6 nitrogen and oxygen atoms in total. The molecule has 3 amide bonds. The molecule has 1 heterocycles. The monoisotopic (exact) mass is 359 g/mol. The Balaban J connectivity index is 1.56. The van der Waals surface area contributed by atoms with Gasteiger partial charge < -0.3 is 15.0 Å². The summed E-state index contributed by atoms with van der Waals surface area (Å²) in [6.45, 7) is 2.94. The van der Waals surface area contributed by atoms with Gasteiger partial charge in [0.1, 0.15) is 0 Å². The van der Waals surface area contributed by atoms with Crippen LogP contribution in [0.5, 0.6) is 0 Å². The van der Waals surface area contributed by atoms with Crippen molar-refractivity contribution < 1.29 is 14.3 Å². The lowest BCUT2D eigenvalue weighted by Crippen LogP contribution is -2.43. The lowest BCUT2D eigenvalue weighted by atomic mass is 9.83. The zero-order valence-electron chi connectivity index (χ0n) is 15.5. The maximum absolute atomic E-state index is 12.7. The molecule has 0 bridgehead atoms. The standard InChI is InChI=1S/C20H29N3O3/c1-2-26-20(25)22-17-12-10-16(11-13-17)21-19(24)23-14-6-9-18(23)15-7-4-3-5-8-15/h10-13,15,18H,2-9,14H2,1H3,(H,21,24)(H,22,25). The Hall–Kier alpha value is -2.24. The summed E-state index contributed by atoms with van der Waals surface area (Å²) in [4.78, 5) is 26.2. The molecule has 2 N–H and O–H groups in total. The minimum Gasteiger partial charge on any atom is -0.450 e. The maximum Gasteiger partial charge on any atom is 0.411 e. The highest BCUT2D eigenvalue weighted by Gasteiger charge is 2.35. The average molecular weight is 359 g/mol. The number of hydrogen-bond donors (Lipinski definition) is 2. The third kappa shape index (κ3) is 4.68. The third-order valence-electron chi connectivity index (χ3n) is 5.41. The van der Waals surface area contributed by atoms with E-state index in [1.54, 1.807) is 31.2 Å². The predicted molar refractivity (Wildman–Crippen MR) is 102 cm³/mol. The van der Waals surface area contributed by atoms with Gasteiger partial charge in [-0.1, -0.05) is 19.3 Å². The number of amides is 3. The Bertz CT molecular complexity index is 611. The topological polar surface area (TPSA) is 70.7 Å². The maximum atomic E-state index is 12.7. The molecule has 1 aromatic carbocycles. The van der Waals surface area contributed by atoms with Crippen molar-refractivity contribution in [2.24, 2.45) is 5.92 Å². The Labute approximate surface area is 155 Å². The summed E-state index contributed by atoms with van der Waals surface area (Å²) in [6.07, 6.45) is 8.18. The Kier molecular flexibility index (Phi) is 6.36. The van der Waals surface area contributed by atoms with E-state index in [2.05, 4.69) is 10.6 Å². The number of ether oxygens (including phenoxy) is 1. The molecule has 0 spiro atoms. The van der Waals surface area contributed by atoms with Gasteiger partial charge in [-0.05, 0) is 62.8 Å². The van der Waals surface area contributed by atoms with Crippen LogP contribution in [0.4, 0.5) is 21.0 Å². The summed E-state index contributed by atoms with van der Waals surface area (Å²) in [7, 11) is 0.